The molecule has 0 aromatic carbocycles. The molecule has 0 heterocycles. The average Bonchev–Trinajstić information content (AvgIpc) is 2.54. The molecule has 13 heavy (non-hydrogen) atoms. The Balaban J connectivity index is 2.11. The first-order valence-electron chi connectivity index (χ1n) is 4.59. The molecule has 0 saturated heterocycles. The van der Waals surface area contributed by atoms with Crippen LogP contribution in [-0.4, -0.2) is 25.3 Å². The Hall–Kier alpha value is -0.670. The molecule has 2 rings (SSSR count). The van der Waals surface area contributed by atoms with Crippen molar-refractivity contribution in [3.63, 3.8) is 0 Å². The third kappa shape index (κ3) is 1.00. The van der Waals surface area contributed by atoms with E-state index in [9.17, 15) is 4.79 Å². The monoisotopic (exact) mass is 182 g/mol. The molecule has 72 valence electrons. The van der Waals surface area contributed by atoms with Crippen LogP contribution in [0.4, 0.5) is 0 Å². The zero-order chi connectivity index (χ0) is 9.47. The second kappa shape index (κ2) is 2.93. The first kappa shape index (κ1) is 8.91. The quantitative estimate of drug-likeness (QED) is 0.487. The first-order chi connectivity index (χ1) is 6.22. The lowest BCUT2D eigenvalue weighted by Crippen LogP contribution is -2.57. The normalized spacial score (nSPS) is 37.5. The predicted molar refractivity (Wildman–Crippen MR) is 47.2 cm³/mol. The van der Waals surface area contributed by atoms with Crippen molar-refractivity contribution in [3.8, 4) is 0 Å². The number of ketones is 1. The molecule has 2 saturated carbocycles. The van der Waals surface area contributed by atoms with E-state index in [0.717, 1.165) is 24.8 Å². The molecule has 0 amide bonds. The lowest BCUT2D eigenvalue weighted by Gasteiger charge is -2.44. The Kier molecular flexibility index (Phi) is 2.00. The van der Waals surface area contributed by atoms with Crippen LogP contribution in [0.25, 0.3) is 0 Å². The summed E-state index contributed by atoms with van der Waals surface area (Å²) in [5.74, 6) is 0.349. The molecule has 3 heteroatoms. The Morgan fingerprint density at radius 1 is 1.69 bits per heavy atom. The molecule has 0 aromatic rings. The number of hydrogen-bond donors (Lipinski definition) is 0. The van der Waals surface area contributed by atoms with E-state index in [0.29, 0.717) is 0 Å². The fraction of sp³-hybridized carbons (Fsp3) is 0.700. The lowest BCUT2D eigenvalue weighted by molar-refractivity contribution is -0.179. The Morgan fingerprint density at radius 2 is 2.46 bits per heavy atom. The molecular formula is C10H14O3. The fourth-order valence-electron chi connectivity index (χ4n) is 2.46. The van der Waals surface area contributed by atoms with E-state index in [2.05, 4.69) is 6.58 Å². The Labute approximate surface area is 77.7 Å². The van der Waals surface area contributed by atoms with E-state index in [1.54, 1.807) is 7.11 Å². The van der Waals surface area contributed by atoms with Crippen LogP contribution in [-0.2, 0) is 14.3 Å². The smallest absolute Gasteiger partial charge is 0.191 e. The molecule has 0 aliphatic heterocycles. The van der Waals surface area contributed by atoms with E-state index in [1.807, 2.05) is 0 Å². The summed E-state index contributed by atoms with van der Waals surface area (Å²) in [7, 11) is 1.57. The molecule has 0 spiro atoms. The van der Waals surface area contributed by atoms with Crippen molar-refractivity contribution in [1.29, 1.82) is 0 Å². The Morgan fingerprint density at radius 3 is 3.15 bits per heavy atom. The van der Waals surface area contributed by atoms with Crippen molar-refractivity contribution in [2.24, 2.45) is 5.92 Å². The number of hydrogen-bond acceptors (Lipinski definition) is 3. The highest BCUT2D eigenvalue weighted by molar-refractivity contribution is 6.10. The molecule has 2 fully saturated rings. The summed E-state index contributed by atoms with van der Waals surface area (Å²) in [4.78, 5) is 11.6. The zero-order valence-corrected chi connectivity index (χ0v) is 7.84. The van der Waals surface area contributed by atoms with E-state index in [4.69, 9.17) is 9.47 Å². The highest BCUT2D eigenvalue weighted by Crippen LogP contribution is 2.52. The van der Waals surface area contributed by atoms with Gasteiger partial charge in [-0.3, -0.25) is 4.79 Å². The Bertz CT molecular complexity index is 259. The number of carbonyl (C=O) groups is 1. The van der Waals surface area contributed by atoms with Gasteiger partial charge in [-0.15, -0.1) is 0 Å². The SMILES string of the molecule is C=C1C(=O)[C@]2(OCOC)CCC[C@H]12. The van der Waals surface area contributed by atoms with Gasteiger partial charge in [-0.2, -0.15) is 0 Å². The zero-order valence-electron chi connectivity index (χ0n) is 7.84. The van der Waals surface area contributed by atoms with Crippen molar-refractivity contribution < 1.29 is 14.3 Å². The van der Waals surface area contributed by atoms with Gasteiger partial charge < -0.3 is 9.47 Å². The van der Waals surface area contributed by atoms with Crippen LogP contribution in [0.2, 0.25) is 0 Å². The summed E-state index contributed by atoms with van der Waals surface area (Å²) in [5.41, 5.74) is 0.196. The maximum atomic E-state index is 11.6. The van der Waals surface area contributed by atoms with Gasteiger partial charge in [-0.05, 0) is 24.8 Å². The van der Waals surface area contributed by atoms with Crippen LogP contribution in [0.15, 0.2) is 12.2 Å². The summed E-state index contributed by atoms with van der Waals surface area (Å²) in [6.45, 7) is 3.97. The molecular weight excluding hydrogens is 168 g/mol. The van der Waals surface area contributed by atoms with E-state index < -0.39 is 5.60 Å². The molecule has 2 atom stereocenters. The minimum absolute atomic E-state index is 0.0899. The average molecular weight is 182 g/mol. The van der Waals surface area contributed by atoms with Crippen molar-refractivity contribution in [2.75, 3.05) is 13.9 Å². The summed E-state index contributed by atoms with van der Waals surface area (Å²) in [6, 6.07) is 0. The van der Waals surface area contributed by atoms with Gasteiger partial charge in [0.15, 0.2) is 5.78 Å². The van der Waals surface area contributed by atoms with E-state index >= 15 is 0 Å². The minimum Gasteiger partial charge on any atom is -0.359 e. The largest absolute Gasteiger partial charge is 0.359 e. The van der Waals surface area contributed by atoms with Crippen molar-refractivity contribution in [2.45, 2.75) is 24.9 Å². The van der Waals surface area contributed by atoms with Crippen LogP contribution in [0.5, 0.6) is 0 Å². The van der Waals surface area contributed by atoms with Gasteiger partial charge in [0, 0.05) is 13.0 Å². The van der Waals surface area contributed by atoms with E-state index in [-0.39, 0.29) is 18.5 Å². The van der Waals surface area contributed by atoms with Crippen molar-refractivity contribution >= 4 is 5.78 Å². The van der Waals surface area contributed by atoms with Crippen LogP contribution in [0.1, 0.15) is 19.3 Å². The first-order valence-corrected chi connectivity index (χ1v) is 4.59. The maximum Gasteiger partial charge on any atom is 0.191 e. The summed E-state index contributed by atoms with van der Waals surface area (Å²) >= 11 is 0. The third-order valence-electron chi connectivity index (χ3n) is 3.13. The van der Waals surface area contributed by atoms with Gasteiger partial charge in [0.05, 0.1) is 0 Å². The van der Waals surface area contributed by atoms with Crippen LogP contribution in [0.3, 0.4) is 0 Å². The van der Waals surface area contributed by atoms with Crippen LogP contribution < -0.4 is 0 Å². The summed E-state index contributed by atoms with van der Waals surface area (Å²) < 4.78 is 10.3. The topological polar surface area (TPSA) is 35.5 Å². The molecule has 3 nitrogen and oxygen atoms in total. The minimum atomic E-state index is -0.549. The molecule has 0 radical (unpaired) electrons. The van der Waals surface area contributed by atoms with Gasteiger partial charge in [0.2, 0.25) is 0 Å². The van der Waals surface area contributed by atoms with Crippen molar-refractivity contribution in [1.82, 2.24) is 0 Å². The van der Waals surface area contributed by atoms with Gasteiger partial charge >= 0.3 is 0 Å². The summed E-state index contributed by atoms with van der Waals surface area (Å²) in [6.07, 6.45) is 2.92. The lowest BCUT2D eigenvalue weighted by atomic mass is 9.67. The molecule has 0 aromatic heterocycles. The van der Waals surface area contributed by atoms with Crippen LogP contribution >= 0.6 is 0 Å². The standard InChI is InChI=1S/C10H14O3/c1-7-8-4-3-5-10(8,9(7)11)13-6-12-2/h8H,1,3-6H2,2H3/t8-,10+/m1/s1. The number of ether oxygens (including phenoxy) is 2. The molecule has 2 aliphatic rings. The van der Waals surface area contributed by atoms with Gasteiger partial charge in [-0.1, -0.05) is 6.58 Å². The second-order valence-corrected chi connectivity index (χ2v) is 3.74. The van der Waals surface area contributed by atoms with Gasteiger partial charge in [-0.25, -0.2) is 0 Å². The fourth-order valence-corrected chi connectivity index (χ4v) is 2.46. The molecule has 0 bridgehead atoms. The molecule has 0 unspecified atom stereocenters. The number of Topliss-reactive ketones (excluding diaryl/α,β-unsaturated/α-hetero) is 1. The highest BCUT2D eigenvalue weighted by Gasteiger charge is 2.61. The second-order valence-electron chi connectivity index (χ2n) is 3.74. The number of rotatable bonds is 3. The molecule has 0 N–H and O–H groups in total. The van der Waals surface area contributed by atoms with Crippen LogP contribution in [0, 0.1) is 5.92 Å². The highest BCUT2D eigenvalue weighted by atomic mass is 16.7. The van der Waals surface area contributed by atoms with Gasteiger partial charge in [0.25, 0.3) is 0 Å². The number of fused-ring (bicyclic) bond motifs is 1. The third-order valence-corrected chi connectivity index (χ3v) is 3.13. The summed E-state index contributed by atoms with van der Waals surface area (Å²) in [5, 5.41) is 0. The van der Waals surface area contributed by atoms with E-state index in [1.165, 1.54) is 0 Å². The molecule has 2 aliphatic carbocycles. The maximum absolute atomic E-state index is 11.6. The van der Waals surface area contributed by atoms with Gasteiger partial charge in [0.1, 0.15) is 12.4 Å². The predicted octanol–water partition coefficient (Wildman–Crippen LogP) is 1.28. The number of carbonyl (C=O) groups excluding carboxylic acids is 1. The van der Waals surface area contributed by atoms with Crippen molar-refractivity contribution in [3.05, 3.63) is 12.2 Å². The number of methoxy groups -OCH3 is 1.